The third-order valence-electron chi connectivity index (χ3n) is 5.36. The number of ether oxygens (including phenoxy) is 2. The Morgan fingerprint density at radius 3 is 2.62 bits per heavy atom. The number of hydrogen-bond donors (Lipinski definition) is 0. The van der Waals surface area contributed by atoms with Gasteiger partial charge in [0.25, 0.3) is 5.89 Å². The Morgan fingerprint density at radius 2 is 1.76 bits per heavy atom. The highest BCUT2D eigenvalue weighted by Crippen LogP contribution is 2.24. The van der Waals surface area contributed by atoms with Gasteiger partial charge in [0.05, 0.1) is 12.6 Å². The molecule has 5 rings (SSSR count). The highest BCUT2D eigenvalue weighted by atomic mass is 16.5. The van der Waals surface area contributed by atoms with Crippen LogP contribution in [0.3, 0.4) is 0 Å². The molecule has 2 heterocycles. The normalized spacial score (nSPS) is 11.2. The van der Waals surface area contributed by atoms with E-state index in [-0.39, 0.29) is 0 Å². The van der Waals surface area contributed by atoms with Gasteiger partial charge < -0.3 is 13.9 Å². The van der Waals surface area contributed by atoms with Crippen LogP contribution in [0.5, 0.6) is 11.5 Å². The Hall–Kier alpha value is -4.45. The minimum absolute atomic E-state index is 0.383. The van der Waals surface area contributed by atoms with E-state index in [4.69, 9.17) is 13.9 Å². The molecule has 3 aromatic carbocycles. The van der Waals surface area contributed by atoms with Crippen molar-refractivity contribution in [3.8, 4) is 23.1 Å². The lowest BCUT2D eigenvalue weighted by Crippen LogP contribution is -1.99. The average molecular weight is 450 g/mol. The van der Waals surface area contributed by atoms with Crippen LogP contribution in [0.1, 0.15) is 22.6 Å². The Labute approximate surface area is 197 Å². The minimum atomic E-state index is 0.383. The van der Waals surface area contributed by atoms with Crippen molar-refractivity contribution in [3.05, 3.63) is 101 Å². The molecule has 0 aliphatic carbocycles. The molecule has 0 aliphatic heterocycles. The van der Waals surface area contributed by atoms with Crippen molar-refractivity contribution in [2.45, 2.75) is 13.5 Å². The maximum absolute atomic E-state index is 5.89. The second-order valence-corrected chi connectivity index (χ2v) is 7.84. The van der Waals surface area contributed by atoms with E-state index in [2.05, 4.69) is 28.2 Å². The lowest BCUT2D eigenvalue weighted by Gasteiger charge is -2.11. The van der Waals surface area contributed by atoms with E-state index in [1.54, 1.807) is 13.2 Å². The van der Waals surface area contributed by atoms with Crippen LogP contribution >= 0.6 is 0 Å². The largest absolute Gasteiger partial charge is 0.496 e. The number of methoxy groups -OCH3 is 1. The Morgan fingerprint density at radius 1 is 0.882 bits per heavy atom. The van der Waals surface area contributed by atoms with Crippen molar-refractivity contribution in [3.63, 3.8) is 0 Å². The highest BCUT2D eigenvalue weighted by Gasteiger charge is 2.10. The van der Waals surface area contributed by atoms with Crippen LogP contribution < -0.4 is 9.47 Å². The molecule has 0 unspecified atom stereocenters. The van der Waals surface area contributed by atoms with Gasteiger partial charge in [0.2, 0.25) is 5.89 Å². The molecule has 0 radical (unpaired) electrons. The summed E-state index contributed by atoms with van der Waals surface area (Å²) in [5, 5.41) is 9.38. The van der Waals surface area contributed by atoms with Crippen molar-refractivity contribution in [1.29, 1.82) is 0 Å². The summed E-state index contributed by atoms with van der Waals surface area (Å²) in [6, 6.07) is 25.6. The van der Waals surface area contributed by atoms with Crippen molar-refractivity contribution < 1.29 is 13.9 Å². The standard InChI is InChI=1S/C28H23N3O3/c1-19-8-12-24-21(16-19)11-13-25(29-24)28-31-30-27(34-28)15-10-20-9-14-26(32-2)22(17-20)18-33-23-6-4-3-5-7-23/h3-17H,18H2,1-2H3/b15-10-. The highest BCUT2D eigenvalue weighted by molar-refractivity contribution is 5.81. The SMILES string of the molecule is COc1ccc(/C=C\c2nnc(-c3ccc4cc(C)ccc4n3)o2)cc1COc1ccccc1. The summed E-state index contributed by atoms with van der Waals surface area (Å²) in [6.45, 7) is 2.46. The molecule has 0 amide bonds. The van der Waals surface area contributed by atoms with Crippen LogP contribution in [-0.4, -0.2) is 22.3 Å². The molecular formula is C28H23N3O3. The number of hydrogen-bond acceptors (Lipinski definition) is 6. The first-order chi connectivity index (χ1) is 16.7. The summed E-state index contributed by atoms with van der Waals surface area (Å²) in [4.78, 5) is 4.65. The maximum Gasteiger partial charge on any atom is 0.266 e. The predicted molar refractivity (Wildman–Crippen MR) is 132 cm³/mol. The van der Waals surface area contributed by atoms with Crippen molar-refractivity contribution in [1.82, 2.24) is 15.2 Å². The van der Waals surface area contributed by atoms with E-state index < -0.39 is 0 Å². The molecule has 34 heavy (non-hydrogen) atoms. The van der Waals surface area contributed by atoms with Gasteiger partial charge >= 0.3 is 0 Å². The van der Waals surface area contributed by atoms with Gasteiger partial charge in [-0.15, -0.1) is 10.2 Å². The molecule has 5 aromatic rings. The lowest BCUT2D eigenvalue weighted by atomic mass is 10.1. The number of pyridine rings is 1. The number of aromatic nitrogens is 3. The lowest BCUT2D eigenvalue weighted by molar-refractivity contribution is 0.296. The van der Waals surface area contributed by atoms with E-state index in [1.807, 2.05) is 78.9 Å². The van der Waals surface area contributed by atoms with Gasteiger partial charge in [0, 0.05) is 17.0 Å². The van der Waals surface area contributed by atoms with Crippen LogP contribution in [0.15, 0.2) is 83.3 Å². The molecule has 0 bridgehead atoms. The van der Waals surface area contributed by atoms with E-state index in [9.17, 15) is 0 Å². The second-order valence-electron chi connectivity index (χ2n) is 7.84. The van der Waals surface area contributed by atoms with Gasteiger partial charge in [-0.25, -0.2) is 4.98 Å². The Bertz CT molecular complexity index is 1460. The van der Waals surface area contributed by atoms with Crippen LogP contribution in [-0.2, 0) is 6.61 Å². The van der Waals surface area contributed by atoms with Gasteiger partial charge in [-0.3, -0.25) is 0 Å². The fraction of sp³-hybridized carbons (Fsp3) is 0.107. The van der Waals surface area contributed by atoms with Crippen LogP contribution in [0, 0.1) is 6.92 Å². The fourth-order valence-electron chi connectivity index (χ4n) is 3.63. The zero-order chi connectivity index (χ0) is 23.3. The fourth-order valence-corrected chi connectivity index (χ4v) is 3.63. The molecule has 0 spiro atoms. The first-order valence-electron chi connectivity index (χ1n) is 10.9. The molecule has 0 aliphatic rings. The van der Waals surface area contributed by atoms with Crippen LogP contribution in [0.2, 0.25) is 0 Å². The van der Waals surface area contributed by atoms with Crippen molar-refractivity contribution in [2.75, 3.05) is 7.11 Å². The molecule has 2 aromatic heterocycles. The maximum atomic E-state index is 5.89. The quantitative estimate of drug-likeness (QED) is 0.288. The molecule has 0 saturated heterocycles. The molecular weight excluding hydrogens is 426 g/mol. The van der Waals surface area contributed by atoms with E-state index in [0.29, 0.717) is 24.1 Å². The van der Waals surface area contributed by atoms with E-state index in [1.165, 1.54) is 5.56 Å². The van der Waals surface area contributed by atoms with Crippen molar-refractivity contribution >= 4 is 23.1 Å². The number of nitrogens with zero attached hydrogens (tertiary/aromatic N) is 3. The van der Waals surface area contributed by atoms with E-state index >= 15 is 0 Å². The molecule has 168 valence electrons. The number of rotatable bonds is 7. The summed E-state index contributed by atoms with van der Waals surface area (Å²) in [6.07, 6.45) is 3.70. The zero-order valence-corrected chi connectivity index (χ0v) is 18.9. The minimum Gasteiger partial charge on any atom is -0.496 e. The first kappa shape index (κ1) is 21.4. The molecule has 0 N–H and O–H groups in total. The summed E-state index contributed by atoms with van der Waals surface area (Å²) < 4.78 is 17.2. The van der Waals surface area contributed by atoms with Gasteiger partial charge in [-0.1, -0.05) is 42.0 Å². The third kappa shape index (κ3) is 4.81. The molecule has 0 atom stereocenters. The summed E-state index contributed by atoms with van der Waals surface area (Å²) in [5.41, 5.74) is 4.64. The average Bonchev–Trinajstić information content (AvgIpc) is 3.35. The summed E-state index contributed by atoms with van der Waals surface area (Å²) in [7, 11) is 1.65. The monoisotopic (exact) mass is 449 g/mol. The first-order valence-corrected chi connectivity index (χ1v) is 10.9. The number of aryl methyl sites for hydroxylation is 1. The Balaban J connectivity index is 1.33. The van der Waals surface area contributed by atoms with Crippen LogP contribution in [0.4, 0.5) is 0 Å². The summed E-state index contributed by atoms with van der Waals surface area (Å²) >= 11 is 0. The predicted octanol–water partition coefficient (Wildman–Crippen LogP) is 6.35. The molecule has 0 fully saturated rings. The second kappa shape index (κ2) is 9.58. The third-order valence-corrected chi connectivity index (χ3v) is 5.36. The zero-order valence-electron chi connectivity index (χ0n) is 18.9. The molecule has 6 heteroatoms. The Kier molecular flexibility index (Phi) is 6.03. The van der Waals surface area contributed by atoms with Gasteiger partial charge in [-0.05, 0) is 61.0 Å². The van der Waals surface area contributed by atoms with Gasteiger partial charge in [0.1, 0.15) is 23.8 Å². The number of para-hydroxylation sites is 1. The number of benzene rings is 3. The van der Waals surface area contributed by atoms with E-state index in [0.717, 1.165) is 33.5 Å². The summed E-state index contributed by atoms with van der Waals surface area (Å²) in [5.74, 6) is 2.36. The molecule has 6 nitrogen and oxygen atoms in total. The molecule has 0 saturated carbocycles. The van der Waals surface area contributed by atoms with Crippen molar-refractivity contribution in [2.24, 2.45) is 0 Å². The topological polar surface area (TPSA) is 70.3 Å². The van der Waals surface area contributed by atoms with Gasteiger partial charge in [-0.2, -0.15) is 0 Å². The van der Waals surface area contributed by atoms with Crippen LogP contribution in [0.25, 0.3) is 34.6 Å². The smallest absolute Gasteiger partial charge is 0.266 e. The van der Waals surface area contributed by atoms with Gasteiger partial charge in [0.15, 0.2) is 0 Å². The number of fused-ring (bicyclic) bond motifs is 1.